The Kier molecular flexibility index (Phi) is 3.59. The van der Waals surface area contributed by atoms with Gasteiger partial charge in [0.05, 0.1) is 23.9 Å². The molecule has 0 saturated heterocycles. The summed E-state index contributed by atoms with van der Waals surface area (Å²) < 4.78 is 15.7. The van der Waals surface area contributed by atoms with Crippen molar-refractivity contribution in [1.29, 1.82) is 5.26 Å². The largest absolute Gasteiger partial charge is 0.295 e. The molecule has 0 atom stereocenters. The monoisotopic (exact) mass is 299 g/mol. The summed E-state index contributed by atoms with van der Waals surface area (Å²) in [7, 11) is 0. The molecule has 0 aliphatic carbocycles. The molecule has 0 radical (unpaired) electrons. The van der Waals surface area contributed by atoms with E-state index in [0.29, 0.717) is 23.3 Å². The first-order valence-electron chi connectivity index (χ1n) is 6.42. The Balaban J connectivity index is 2.19. The number of benzene rings is 2. The lowest BCUT2D eigenvalue weighted by Crippen LogP contribution is -1.99. The second kappa shape index (κ2) is 5.55. The lowest BCUT2D eigenvalue weighted by Gasteiger charge is -2.08. The lowest BCUT2D eigenvalue weighted by molar-refractivity contribution is 0.637. The van der Waals surface area contributed by atoms with Crippen LogP contribution < -0.4 is 0 Å². The van der Waals surface area contributed by atoms with Gasteiger partial charge in [0.25, 0.3) is 0 Å². The van der Waals surface area contributed by atoms with E-state index in [2.05, 4.69) is 11.1 Å². The Morgan fingerprint density at radius 1 is 1.19 bits per heavy atom. The highest BCUT2D eigenvalue weighted by molar-refractivity contribution is 6.17. The molecule has 21 heavy (non-hydrogen) atoms. The third-order valence-electron chi connectivity index (χ3n) is 3.30. The Morgan fingerprint density at radius 2 is 1.95 bits per heavy atom. The van der Waals surface area contributed by atoms with Gasteiger partial charge in [-0.3, -0.25) is 4.57 Å². The van der Waals surface area contributed by atoms with E-state index in [-0.39, 0.29) is 11.7 Å². The van der Waals surface area contributed by atoms with Crippen LogP contribution in [0.4, 0.5) is 4.39 Å². The third-order valence-corrected chi connectivity index (χ3v) is 3.54. The van der Waals surface area contributed by atoms with E-state index in [1.165, 1.54) is 6.07 Å². The number of halogens is 2. The summed E-state index contributed by atoms with van der Waals surface area (Å²) in [6.45, 7) is 0. The number of para-hydroxylation sites is 1. The Labute approximate surface area is 126 Å². The van der Waals surface area contributed by atoms with Crippen molar-refractivity contribution in [3.63, 3.8) is 0 Å². The van der Waals surface area contributed by atoms with Crippen molar-refractivity contribution in [2.75, 3.05) is 0 Å². The molecule has 3 rings (SSSR count). The Morgan fingerprint density at radius 3 is 2.62 bits per heavy atom. The summed E-state index contributed by atoms with van der Waals surface area (Å²) >= 11 is 5.94. The van der Waals surface area contributed by atoms with E-state index < -0.39 is 0 Å². The van der Waals surface area contributed by atoms with Gasteiger partial charge in [-0.15, -0.1) is 11.6 Å². The van der Waals surface area contributed by atoms with Gasteiger partial charge in [0.2, 0.25) is 0 Å². The molecular weight excluding hydrogens is 289 g/mol. The molecule has 0 aliphatic rings. The van der Waals surface area contributed by atoms with Crippen LogP contribution in [-0.4, -0.2) is 9.55 Å². The Hall–Kier alpha value is -2.38. The number of aromatic nitrogens is 2. The number of rotatable bonds is 3. The highest BCUT2D eigenvalue weighted by atomic mass is 35.5. The molecule has 3 aromatic rings. The summed E-state index contributed by atoms with van der Waals surface area (Å²) in [5, 5.41) is 8.70. The lowest BCUT2D eigenvalue weighted by atomic mass is 10.1. The van der Waals surface area contributed by atoms with Crippen molar-refractivity contribution < 1.29 is 4.39 Å². The van der Waals surface area contributed by atoms with E-state index in [9.17, 15) is 4.39 Å². The summed E-state index contributed by atoms with van der Waals surface area (Å²) in [6.07, 6.45) is 0.363. The van der Waals surface area contributed by atoms with Crippen LogP contribution in [-0.2, 0) is 12.3 Å². The second-order valence-electron chi connectivity index (χ2n) is 4.61. The molecule has 3 nitrogen and oxygen atoms in total. The molecule has 5 heteroatoms. The van der Waals surface area contributed by atoms with Crippen LogP contribution in [0.3, 0.4) is 0 Å². The predicted molar refractivity (Wildman–Crippen MR) is 79.9 cm³/mol. The molecule has 104 valence electrons. The first-order chi connectivity index (χ1) is 10.2. The first kappa shape index (κ1) is 13.6. The van der Waals surface area contributed by atoms with Crippen LogP contribution in [0.1, 0.15) is 11.4 Å². The molecule has 2 aromatic carbocycles. The maximum atomic E-state index is 13.8. The van der Waals surface area contributed by atoms with Crippen LogP contribution in [0.5, 0.6) is 0 Å². The zero-order valence-corrected chi connectivity index (χ0v) is 11.8. The molecule has 1 aromatic heterocycles. The number of imidazole rings is 1. The smallest absolute Gasteiger partial charge is 0.151 e. The molecule has 0 amide bonds. The number of hydrogen-bond acceptors (Lipinski definition) is 2. The van der Waals surface area contributed by atoms with E-state index in [1.807, 2.05) is 34.9 Å². The summed E-state index contributed by atoms with van der Waals surface area (Å²) in [5.74, 6) is 0.414. The van der Waals surface area contributed by atoms with Crippen LogP contribution in [0, 0.1) is 17.1 Å². The zero-order valence-electron chi connectivity index (χ0n) is 11.1. The number of fused-ring (bicyclic) bond motifs is 1. The summed E-state index contributed by atoms with van der Waals surface area (Å²) in [5.41, 5.74) is 2.78. The minimum atomic E-state index is -0.362. The van der Waals surface area contributed by atoms with Crippen LogP contribution in [0.25, 0.3) is 16.7 Å². The first-order valence-corrected chi connectivity index (χ1v) is 6.96. The predicted octanol–water partition coefficient (Wildman–Crippen LogP) is 3.97. The second-order valence-corrected chi connectivity index (χ2v) is 4.87. The molecule has 0 saturated carbocycles. The van der Waals surface area contributed by atoms with Crippen LogP contribution in [0.2, 0.25) is 0 Å². The van der Waals surface area contributed by atoms with Gasteiger partial charge in [-0.2, -0.15) is 5.26 Å². The van der Waals surface area contributed by atoms with Crippen LogP contribution >= 0.6 is 11.6 Å². The van der Waals surface area contributed by atoms with Crippen molar-refractivity contribution >= 4 is 22.6 Å². The number of nitriles is 1. The fraction of sp³-hybridized carbons (Fsp3) is 0.125. The molecule has 1 heterocycles. The van der Waals surface area contributed by atoms with Crippen molar-refractivity contribution in [3.05, 3.63) is 59.7 Å². The van der Waals surface area contributed by atoms with E-state index in [4.69, 9.17) is 16.9 Å². The standard InChI is InChI=1S/C16H11ClFN3/c17-10-15-20-16-13(18)2-1-3-14(16)21(15)12-6-4-11(5-7-12)8-9-19/h1-7H,8,10H2. The minimum Gasteiger partial charge on any atom is -0.295 e. The van der Waals surface area contributed by atoms with Crippen molar-refractivity contribution in [2.45, 2.75) is 12.3 Å². The average molecular weight is 300 g/mol. The Bertz CT molecular complexity index is 831. The van der Waals surface area contributed by atoms with Gasteiger partial charge < -0.3 is 0 Å². The zero-order chi connectivity index (χ0) is 14.8. The van der Waals surface area contributed by atoms with E-state index >= 15 is 0 Å². The average Bonchev–Trinajstić information content (AvgIpc) is 2.88. The molecule has 0 N–H and O–H groups in total. The maximum Gasteiger partial charge on any atom is 0.151 e. The van der Waals surface area contributed by atoms with Gasteiger partial charge in [-0.05, 0) is 29.8 Å². The number of nitrogens with zero attached hydrogens (tertiary/aromatic N) is 3. The highest BCUT2D eigenvalue weighted by Gasteiger charge is 2.14. The SMILES string of the molecule is N#CCc1ccc(-n2c(CCl)nc3c(F)cccc32)cc1. The van der Waals surface area contributed by atoms with Gasteiger partial charge >= 0.3 is 0 Å². The van der Waals surface area contributed by atoms with Gasteiger partial charge in [-0.1, -0.05) is 18.2 Å². The van der Waals surface area contributed by atoms with Crippen molar-refractivity contribution in [3.8, 4) is 11.8 Å². The molecule has 0 aliphatic heterocycles. The molecule has 0 bridgehead atoms. The van der Waals surface area contributed by atoms with E-state index in [0.717, 1.165) is 11.3 Å². The van der Waals surface area contributed by atoms with E-state index in [1.54, 1.807) is 6.07 Å². The van der Waals surface area contributed by atoms with Crippen molar-refractivity contribution in [1.82, 2.24) is 9.55 Å². The summed E-state index contributed by atoms with van der Waals surface area (Å²) in [4.78, 5) is 4.27. The topological polar surface area (TPSA) is 41.6 Å². The summed E-state index contributed by atoms with van der Waals surface area (Å²) in [6, 6.07) is 14.5. The van der Waals surface area contributed by atoms with Gasteiger partial charge in [0, 0.05) is 5.69 Å². The van der Waals surface area contributed by atoms with Crippen molar-refractivity contribution in [2.24, 2.45) is 0 Å². The molecule has 0 spiro atoms. The van der Waals surface area contributed by atoms with Gasteiger partial charge in [-0.25, -0.2) is 9.37 Å². The molecular formula is C16H11ClFN3. The number of hydrogen-bond donors (Lipinski definition) is 0. The molecule has 0 unspecified atom stereocenters. The maximum absolute atomic E-state index is 13.8. The minimum absolute atomic E-state index is 0.189. The third kappa shape index (κ3) is 2.37. The fourth-order valence-corrected chi connectivity index (χ4v) is 2.52. The van der Waals surface area contributed by atoms with Crippen LogP contribution in [0.15, 0.2) is 42.5 Å². The van der Waals surface area contributed by atoms with Gasteiger partial charge in [0.15, 0.2) is 5.82 Å². The molecule has 0 fully saturated rings. The fourth-order valence-electron chi connectivity index (χ4n) is 2.35. The normalized spacial score (nSPS) is 10.7. The number of alkyl halides is 1. The van der Waals surface area contributed by atoms with Gasteiger partial charge in [0.1, 0.15) is 11.3 Å². The quantitative estimate of drug-likeness (QED) is 0.687. The highest BCUT2D eigenvalue weighted by Crippen LogP contribution is 2.24.